The average molecular weight is 117 g/mol. The zero-order valence-electron chi connectivity index (χ0n) is 4.98. The van der Waals surface area contributed by atoms with Crippen LogP contribution in [-0.2, 0) is 4.79 Å². The van der Waals surface area contributed by atoms with Gasteiger partial charge in [0.15, 0.2) is 0 Å². The molecule has 0 aromatic carbocycles. The van der Waals surface area contributed by atoms with E-state index in [0.29, 0.717) is 6.42 Å². The Labute approximate surface area is 48.7 Å². The molecule has 0 rings (SSSR count). The predicted octanol–water partition coefficient (Wildman–Crippen LogP) is -0.495. The molecule has 0 aliphatic rings. The molecule has 0 aliphatic heterocycles. The molecule has 0 saturated heterocycles. The molecule has 2 N–H and O–H groups in total. The Morgan fingerprint density at radius 1 is 1.75 bits per heavy atom. The summed E-state index contributed by atoms with van der Waals surface area (Å²) in [6.45, 7) is 1.96. The first kappa shape index (κ1) is 7.59. The fourth-order valence-corrected chi connectivity index (χ4v) is 0.320. The van der Waals surface area contributed by atoms with Gasteiger partial charge in [0.25, 0.3) is 0 Å². The first-order chi connectivity index (χ1) is 3.81. The van der Waals surface area contributed by atoms with E-state index in [1.807, 2.05) is 0 Å². The summed E-state index contributed by atoms with van der Waals surface area (Å²) >= 11 is 0. The molecule has 3 heteroatoms. The van der Waals surface area contributed by atoms with E-state index in [-0.39, 0.29) is 19.1 Å². The van der Waals surface area contributed by atoms with Gasteiger partial charge < -0.3 is 5.11 Å². The Kier molecular flexibility index (Phi) is 4.50. The first-order valence-corrected chi connectivity index (χ1v) is 2.64. The van der Waals surface area contributed by atoms with Crippen molar-refractivity contribution in [1.29, 1.82) is 0 Å². The molecular weight excluding hydrogens is 106 g/mol. The van der Waals surface area contributed by atoms with E-state index in [0.717, 1.165) is 0 Å². The molecule has 0 aromatic rings. The number of rotatable bonds is 4. The van der Waals surface area contributed by atoms with Crippen molar-refractivity contribution in [3.63, 3.8) is 0 Å². The third kappa shape index (κ3) is 3.77. The molecule has 0 spiro atoms. The monoisotopic (exact) mass is 117 g/mol. The highest BCUT2D eigenvalue weighted by molar-refractivity contribution is 5.79. The van der Waals surface area contributed by atoms with Crippen molar-refractivity contribution in [3.05, 3.63) is 0 Å². The summed E-state index contributed by atoms with van der Waals surface area (Å²) < 4.78 is 0. The lowest BCUT2D eigenvalue weighted by atomic mass is 10.3. The van der Waals surface area contributed by atoms with Gasteiger partial charge in [-0.05, 0) is 0 Å². The highest BCUT2D eigenvalue weighted by Crippen LogP contribution is 1.74. The summed E-state index contributed by atoms with van der Waals surface area (Å²) in [7, 11) is 0. The second kappa shape index (κ2) is 4.74. The van der Waals surface area contributed by atoms with Gasteiger partial charge >= 0.3 is 0 Å². The van der Waals surface area contributed by atoms with E-state index in [4.69, 9.17) is 5.11 Å². The Balaban J connectivity index is 2.99. The molecule has 0 amide bonds. The molecule has 48 valence electrons. The van der Waals surface area contributed by atoms with Gasteiger partial charge in [-0.25, -0.2) is 0 Å². The van der Waals surface area contributed by atoms with E-state index in [2.05, 4.69) is 5.32 Å². The summed E-state index contributed by atoms with van der Waals surface area (Å²) in [5.41, 5.74) is 0. The van der Waals surface area contributed by atoms with Crippen LogP contribution in [0.4, 0.5) is 0 Å². The predicted molar refractivity (Wildman–Crippen MR) is 30.4 cm³/mol. The van der Waals surface area contributed by atoms with Crippen molar-refractivity contribution in [1.82, 2.24) is 5.32 Å². The molecule has 0 unspecified atom stereocenters. The van der Waals surface area contributed by atoms with Crippen LogP contribution in [0.1, 0.15) is 13.3 Å². The lowest BCUT2D eigenvalue weighted by molar-refractivity contribution is -0.118. The van der Waals surface area contributed by atoms with Crippen molar-refractivity contribution >= 4 is 5.78 Å². The number of carbonyl (C=O) groups is 1. The second-order valence-corrected chi connectivity index (χ2v) is 1.48. The molecule has 0 aromatic heterocycles. The van der Waals surface area contributed by atoms with Gasteiger partial charge in [-0.15, -0.1) is 0 Å². The van der Waals surface area contributed by atoms with E-state index >= 15 is 0 Å². The quantitative estimate of drug-likeness (QED) is 0.488. The normalized spacial score (nSPS) is 9.25. The molecule has 0 fully saturated rings. The maximum Gasteiger partial charge on any atom is 0.146 e. The molecule has 0 saturated carbocycles. The van der Waals surface area contributed by atoms with Crippen LogP contribution in [-0.4, -0.2) is 24.2 Å². The molecule has 0 heterocycles. The number of ketones is 1. The molecule has 0 atom stereocenters. The first-order valence-electron chi connectivity index (χ1n) is 2.64. The number of nitrogens with one attached hydrogen (secondary N) is 1. The number of aliphatic hydroxyl groups is 1. The Morgan fingerprint density at radius 3 is 2.75 bits per heavy atom. The van der Waals surface area contributed by atoms with Crippen LogP contribution >= 0.6 is 0 Å². The van der Waals surface area contributed by atoms with Crippen LogP contribution in [0.25, 0.3) is 0 Å². The lowest BCUT2D eigenvalue weighted by Crippen LogP contribution is -2.22. The van der Waals surface area contributed by atoms with Gasteiger partial charge in [-0.1, -0.05) is 6.92 Å². The van der Waals surface area contributed by atoms with Crippen LogP contribution in [0.3, 0.4) is 0 Å². The van der Waals surface area contributed by atoms with E-state index in [1.165, 1.54) is 0 Å². The minimum absolute atomic E-state index is 0.119. The summed E-state index contributed by atoms with van der Waals surface area (Å²) in [5.74, 6) is 0.124. The highest BCUT2D eigenvalue weighted by atomic mass is 16.3. The van der Waals surface area contributed by atoms with Gasteiger partial charge in [0, 0.05) is 6.42 Å². The third-order valence-corrected chi connectivity index (χ3v) is 0.828. The summed E-state index contributed by atoms with van der Waals surface area (Å²) in [6.07, 6.45) is 0.535. The number of Topliss-reactive ketones (excluding diaryl/α,β-unsaturated/α-hetero) is 1. The molecule has 0 bridgehead atoms. The fourth-order valence-electron chi connectivity index (χ4n) is 0.320. The largest absolute Gasteiger partial charge is 0.381 e. The lowest BCUT2D eigenvalue weighted by Gasteiger charge is -1.94. The molecule has 0 radical (unpaired) electrons. The minimum Gasteiger partial charge on any atom is -0.381 e. The number of hydrogen-bond acceptors (Lipinski definition) is 3. The zero-order valence-corrected chi connectivity index (χ0v) is 4.98. The van der Waals surface area contributed by atoms with Gasteiger partial charge in [-0.3, -0.25) is 10.1 Å². The highest BCUT2D eigenvalue weighted by Gasteiger charge is 1.92. The smallest absolute Gasteiger partial charge is 0.146 e. The van der Waals surface area contributed by atoms with Crippen LogP contribution < -0.4 is 5.32 Å². The Morgan fingerprint density at radius 2 is 2.38 bits per heavy atom. The van der Waals surface area contributed by atoms with Gasteiger partial charge in [-0.2, -0.15) is 0 Å². The molecule has 8 heavy (non-hydrogen) atoms. The maximum atomic E-state index is 10.4. The molecule has 0 aliphatic carbocycles. The maximum absolute atomic E-state index is 10.4. The van der Waals surface area contributed by atoms with Crippen LogP contribution in [0.2, 0.25) is 0 Å². The van der Waals surface area contributed by atoms with Gasteiger partial charge in [0.05, 0.1) is 13.3 Å². The van der Waals surface area contributed by atoms with Gasteiger partial charge in [0.1, 0.15) is 5.78 Å². The standard InChI is InChI=1S/C5H11NO2/c1-2-5(8)3-6-4-7/h6-7H,2-4H2,1H3. The minimum atomic E-state index is -0.119. The van der Waals surface area contributed by atoms with Crippen molar-refractivity contribution in [2.45, 2.75) is 13.3 Å². The van der Waals surface area contributed by atoms with Gasteiger partial charge in [0.2, 0.25) is 0 Å². The summed E-state index contributed by atoms with van der Waals surface area (Å²) in [6, 6.07) is 0. The molecule has 3 nitrogen and oxygen atoms in total. The topological polar surface area (TPSA) is 49.3 Å². The van der Waals surface area contributed by atoms with Crippen LogP contribution in [0.15, 0.2) is 0 Å². The third-order valence-electron chi connectivity index (χ3n) is 0.828. The van der Waals surface area contributed by atoms with Crippen molar-refractivity contribution in [2.24, 2.45) is 0 Å². The van der Waals surface area contributed by atoms with Crippen molar-refractivity contribution < 1.29 is 9.90 Å². The van der Waals surface area contributed by atoms with Crippen LogP contribution in [0, 0.1) is 0 Å². The summed E-state index contributed by atoms with van der Waals surface area (Å²) in [4.78, 5) is 10.4. The Hall–Kier alpha value is -0.410. The number of carbonyl (C=O) groups excluding carboxylic acids is 1. The summed E-state index contributed by atoms with van der Waals surface area (Å²) in [5, 5.41) is 10.7. The van der Waals surface area contributed by atoms with Crippen molar-refractivity contribution in [2.75, 3.05) is 13.3 Å². The number of hydrogen-bond donors (Lipinski definition) is 2. The number of aliphatic hydroxyl groups excluding tert-OH is 1. The van der Waals surface area contributed by atoms with E-state index in [1.54, 1.807) is 6.92 Å². The van der Waals surface area contributed by atoms with Crippen LogP contribution in [0.5, 0.6) is 0 Å². The SMILES string of the molecule is CCC(=O)CNCO. The zero-order chi connectivity index (χ0) is 6.41. The van der Waals surface area contributed by atoms with E-state index < -0.39 is 0 Å². The molecular formula is C5H11NO2. The van der Waals surface area contributed by atoms with E-state index in [9.17, 15) is 4.79 Å². The average Bonchev–Trinajstić information content (AvgIpc) is 1.83. The fraction of sp³-hybridized carbons (Fsp3) is 0.800. The Bertz CT molecular complexity index is 72.8. The van der Waals surface area contributed by atoms with Crippen molar-refractivity contribution in [3.8, 4) is 0 Å². The second-order valence-electron chi connectivity index (χ2n) is 1.48.